The Bertz CT molecular complexity index is 1000. The number of rotatable bonds is 3. The molecular weight excluding hydrogens is 382 g/mol. The van der Waals surface area contributed by atoms with E-state index in [1.807, 2.05) is 13.1 Å². The molecule has 2 amide bonds. The quantitative estimate of drug-likeness (QED) is 0.748. The maximum atomic E-state index is 13.0. The van der Waals surface area contributed by atoms with Gasteiger partial charge in [-0.3, -0.25) is 24.0 Å². The monoisotopic (exact) mass is 405 g/mol. The van der Waals surface area contributed by atoms with Crippen LogP contribution in [0.2, 0.25) is 5.02 Å². The minimum atomic E-state index is -0.713. The highest BCUT2D eigenvalue weighted by Crippen LogP contribution is 2.34. The summed E-state index contributed by atoms with van der Waals surface area (Å²) in [6.07, 6.45) is 2.53. The summed E-state index contributed by atoms with van der Waals surface area (Å²) in [6.45, 7) is 1.72. The summed E-state index contributed by atoms with van der Waals surface area (Å²) >= 11 is 6.41. The van der Waals surface area contributed by atoms with Gasteiger partial charge in [-0.25, -0.2) is 4.79 Å². The predicted octanol–water partition coefficient (Wildman–Crippen LogP) is 1.16. The van der Waals surface area contributed by atoms with E-state index in [9.17, 15) is 14.4 Å². The number of hydrogen-bond acceptors (Lipinski definition) is 5. The number of hydrogen-bond donors (Lipinski definition) is 2. The molecule has 1 atom stereocenters. The number of amides is 2. The van der Waals surface area contributed by atoms with Gasteiger partial charge in [-0.1, -0.05) is 11.6 Å². The third kappa shape index (κ3) is 3.10. The van der Waals surface area contributed by atoms with E-state index < -0.39 is 11.9 Å². The van der Waals surface area contributed by atoms with Crippen LogP contribution < -0.4 is 21.2 Å². The molecule has 4 rings (SSSR count). The molecule has 0 bridgehead atoms. The smallest absolute Gasteiger partial charge is 0.329 e. The minimum absolute atomic E-state index is 0.212. The average Bonchev–Trinajstić information content (AvgIpc) is 2.92. The molecule has 9 heteroatoms. The summed E-state index contributed by atoms with van der Waals surface area (Å²) in [7, 11) is 3.69. The van der Waals surface area contributed by atoms with Gasteiger partial charge in [0.2, 0.25) is 11.8 Å². The molecule has 0 radical (unpaired) electrons. The van der Waals surface area contributed by atoms with Crippen molar-refractivity contribution in [3.8, 4) is 0 Å². The fourth-order valence-corrected chi connectivity index (χ4v) is 4.54. The normalized spacial score (nSPS) is 21.4. The zero-order valence-electron chi connectivity index (χ0n) is 16.0. The second-order valence-corrected chi connectivity index (χ2v) is 7.96. The van der Waals surface area contributed by atoms with E-state index in [1.165, 1.54) is 4.57 Å². The van der Waals surface area contributed by atoms with Crippen LogP contribution >= 0.6 is 11.6 Å². The van der Waals surface area contributed by atoms with Gasteiger partial charge in [-0.05, 0) is 38.4 Å². The second kappa shape index (κ2) is 7.25. The number of carbonyl (C=O) groups excluding carboxylic acids is 2. The fourth-order valence-electron chi connectivity index (χ4n) is 4.34. The van der Waals surface area contributed by atoms with E-state index in [4.69, 9.17) is 11.6 Å². The molecule has 0 spiro atoms. The molecule has 150 valence electrons. The lowest BCUT2D eigenvalue weighted by atomic mass is 10.0. The van der Waals surface area contributed by atoms with Crippen molar-refractivity contribution in [2.75, 3.05) is 25.0 Å². The number of nitrogens with zero attached hydrogens (tertiary/aromatic N) is 3. The molecular formula is C19H24ClN5O3. The Morgan fingerprint density at radius 3 is 2.50 bits per heavy atom. The van der Waals surface area contributed by atoms with Crippen molar-refractivity contribution >= 4 is 40.1 Å². The number of carbonyl (C=O) groups is 2. The van der Waals surface area contributed by atoms with Crippen molar-refractivity contribution in [3.05, 3.63) is 27.6 Å². The molecule has 2 fully saturated rings. The van der Waals surface area contributed by atoms with Crippen LogP contribution in [0, 0.1) is 0 Å². The highest BCUT2D eigenvalue weighted by molar-refractivity contribution is 6.31. The first kappa shape index (κ1) is 19.0. The Hall–Kier alpha value is -2.32. The molecule has 2 aliphatic rings. The highest BCUT2D eigenvalue weighted by Gasteiger charge is 2.32. The molecule has 2 N–H and O–H groups in total. The van der Waals surface area contributed by atoms with E-state index in [0.717, 1.165) is 37.1 Å². The minimum Gasteiger partial charge on any atom is -0.370 e. The van der Waals surface area contributed by atoms with E-state index in [1.54, 1.807) is 17.7 Å². The largest absolute Gasteiger partial charge is 0.370 e. The average molecular weight is 406 g/mol. The van der Waals surface area contributed by atoms with E-state index in [0.29, 0.717) is 23.0 Å². The van der Waals surface area contributed by atoms with Crippen molar-refractivity contribution in [1.82, 2.24) is 19.8 Å². The molecule has 3 heterocycles. The van der Waals surface area contributed by atoms with E-state index in [-0.39, 0.29) is 18.0 Å². The molecule has 8 nitrogen and oxygen atoms in total. The zero-order chi connectivity index (χ0) is 20.0. The van der Waals surface area contributed by atoms with Crippen molar-refractivity contribution in [3.63, 3.8) is 0 Å². The van der Waals surface area contributed by atoms with Crippen LogP contribution in [0.15, 0.2) is 16.9 Å². The molecule has 28 heavy (non-hydrogen) atoms. The van der Waals surface area contributed by atoms with Crippen LogP contribution in [0.4, 0.5) is 5.69 Å². The van der Waals surface area contributed by atoms with Gasteiger partial charge >= 0.3 is 5.69 Å². The first-order valence-electron chi connectivity index (χ1n) is 9.57. The Balaban J connectivity index is 1.83. The van der Waals surface area contributed by atoms with Crippen molar-refractivity contribution < 1.29 is 9.59 Å². The molecule has 2 aromatic rings. The Kier molecular flexibility index (Phi) is 4.93. The number of nitrogens with one attached hydrogen (secondary N) is 2. The third-order valence-corrected chi connectivity index (χ3v) is 6.11. The van der Waals surface area contributed by atoms with Gasteiger partial charge in [-0.2, -0.15) is 0 Å². The standard InChI is InChI=1S/C19H24ClN5O3/c1-21-12-5-7-24(8-6-12)14-9-11(20)10-15-17(14)23(2)19(28)25(15)13-3-4-16(26)22-18(13)27/h9-10,12-13,21H,3-8H2,1-2H3,(H,22,26,27). The van der Waals surface area contributed by atoms with E-state index in [2.05, 4.69) is 15.5 Å². The van der Waals surface area contributed by atoms with Gasteiger partial charge < -0.3 is 10.2 Å². The van der Waals surface area contributed by atoms with Crippen LogP contribution in [-0.2, 0) is 16.6 Å². The third-order valence-electron chi connectivity index (χ3n) is 5.89. The Labute approximate surface area is 167 Å². The number of imide groups is 1. The number of anilines is 1. The summed E-state index contributed by atoms with van der Waals surface area (Å²) in [5.41, 5.74) is 2.02. The highest BCUT2D eigenvalue weighted by atomic mass is 35.5. The summed E-state index contributed by atoms with van der Waals surface area (Å²) in [6, 6.07) is 3.39. The first-order chi connectivity index (χ1) is 13.4. The first-order valence-corrected chi connectivity index (χ1v) is 9.95. The Morgan fingerprint density at radius 1 is 1.14 bits per heavy atom. The molecule has 2 aliphatic heterocycles. The van der Waals surface area contributed by atoms with Gasteiger partial charge in [0.15, 0.2) is 0 Å². The molecule has 1 unspecified atom stereocenters. The summed E-state index contributed by atoms with van der Waals surface area (Å²) in [5, 5.41) is 6.17. The van der Waals surface area contributed by atoms with Gasteiger partial charge in [0.05, 0.1) is 16.7 Å². The van der Waals surface area contributed by atoms with Gasteiger partial charge in [0.25, 0.3) is 0 Å². The molecule has 2 saturated heterocycles. The zero-order valence-corrected chi connectivity index (χ0v) is 16.8. The fraction of sp³-hybridized carbons (Fsp3) is 0.526. The topological polar surface area (TPSA) is 88.4 Å². The molecule has 1 aromatic heterocycles. The molecule has 1 aromatic carbocycles. The lowest BCUT2D eigenvalue weighted by Gasteiger charge is -2.34. The van der Waals surface area contributed by atoms with Gasteiger partial charge in [-0.15, -0.1) is 0 Å². The van der Waals surface area contributed by atoms with Crippen molar-refractivity contribution in [2.45, 2.75) is 37.8 Å². The Morgan fingerprint density at radius 2 is 1.86 bits per heavy atom. The van der Waals surface area contributed by atoms with Crippen LogP contribution in [0.1, 0.15) is 31.7 Å². The van der Waals surface area contributed by atoms with Gasteiger partial charge in [0, 0.05) is 37.6 Å². The van der Waals surface area contributed by atoms with Gasteiger partial charge in [0.1, 0.15) is 6.04 Å². The lowest BCUT2D eigenvalue weighted by molar-refractivity contribution is -0.135. The molecule has 0 aliphatic carbocycles. The summed E-state index contributed by atoms with van der Waals surface area (Å²) in [5.74, 6) is -0.747. The number of imidazole rings is 1. The summed E-state index contributed by atoms with van der Waals surface area (Å²) in [4.78, 5) is 39.2. The maximum Gasteiger partial charge on any atom is 0.329 e. The van der Waals surface area contributed by atoms with Crippen LogP contribution in [0.5, 0.6) is 0 Å². The predicted molar refractivity (Wildman–Crippen MR) is 108 cm³/mol. The van der Waals surface area contributed by atoms with Crippen molar-refractivity contribution in [1.29, 1.82) is 0 Å². The number of halogens is 1. The second-order valence-electron chi connectivity index (χ2n) is 7.52. The van der Waals surface area contributed by atoms with Crippen LogP contribution in [0.25, 0.3) is 11.0 Å². The van der Waals surface area contributed by atoms with Crippen LogP contribution in [-0.4, -0.2) is 47.1 Å². The SMILES string of the molecule is CNC1CCN(c2cc(Cl)cc3c2n(C)c(=O)n3C2CCC(=O)NC2=O)CC1. The number of benzene rings is 1. The number of piperidine rings is 2. The maximum absolute atomic E-state index is 13.0. The van der Waals surface area contributed by atoms with Crippen molar-refractivity contribution in [2.24, 2.45) is 7.05 Å². The summed E-state index contributed by atoms with van der Waals surface area (Å²) < 4.78 is 3.06. The number of aromatic nitrogens is 2. The number of fused-ring (bicyclic) bond motifs is 1. The van der Waals surface area contributed by atoms with Crippen LogP contribution in [0.3, 0.4) is 0 Å². The molecule has 0 saturated carbocycles. The number of aryl methyl sites for hydroxylation is 1. The lowest BCUT2D eigenvalue weighted by Crippen LogP contribution is -2.44. The van der Waals surface area contributed by atoms with E-state index >= 15 is 0 Å².